The van der Waals surface area contributed by atoms with Crippen molar-refractivity contribution in [2.45, 2.75) is 207 Å². The fourth-order valence-electron chi connectivity index (χ4n) is 6.38. The SMILES string of the molecule is CC/C=C\C/C=C\C/C=C\C/C=C\C/C=C\C/C=C\CCC(=O)O[C@H](COC(=O)CCC/C=C\C/C=C\C/C=C\C/C=C\C/C=C\CC)COC(=O)CCCCCCCCCCCCC. The van der Waals surface area contributed by atoms with Gasteiger partial charge in [0, 0.05) is 19.3 Å². The molecule has 364 valence electrons. The Hall–Kier alpha value is -4.45. The normalized spacial score (nSPS) is 13.2. The molecule has 0 unspecified atom stereocenters. The molecule has 0 aliphatic carbocycles. The van der Waals surface area contributed by atoms with Crippen molar-refractivity contribution in [1.29, 1.82) is 0 Å². The highest BCUT2D eigenvalue weighted by atomic mass is 16.6. The van der Waals surface area contributed by atoms with Crippen LogP contribution in [0.4, 0.5) is 0 Å². The summed E-state index contributed by atoms with van der Waals surface area (Å²) in [6.45, 7) is 6.27. The molecule has 0 N–H and O–H groups in total. The lowest BCUT2D eigenvalue weighted by Crippen LogP contribution is -2.30. The van der Waals surface area contributed by atoms with Gasteiger partial charge in [0.15, 0.2) is 6.10 Å². The van der Waals surface area contributed by atoms with E-state index in [1.165, 1.54) is 51.4 Å². The van der Waals surface area contributed by atoms with E-state index in [1.54, 1.807) is 0 Å². The molecule has 0 heterocycles. The molecule has 6 heteroatoms. The van der Waals surface area contributed by atoms with Crippen molar-refractivity contribution in [3.63, 3.8) is 0 Å². The zero-order valence-electron chi connectivity index (χ0n) is 41.4. The maximum atomic E-state index is 12.8. The maximum absolute atomic E-state index is 12.8. The maximum Gasteiger partial charge on any atom is 0.306 e. The second kappa shape index (κ2) is 52.2. The van der Waals surface area contributed by atoms with E-state index in [9.17, 15) is 14.4 Å². The number of allylic oxidation sites excluding steroid dienone is 22. The van der Waals surface area contributed by atoms with Crippen molar-refractivity contribution < 1.29 is 28.6 Å². The van der Waals surface area contributed by atoms with Gasteiger partial charge in [-0.3, -0.25) is 14.4 Å². The van der Waals surface area contributed by atoms with E-state index in [1.807, 2.05) is 12.2 Å². The van der Waals surface area contributed by atoms with Crippen LogP contribution < -0.4 is 0 Å². The van der Waals surface area contributed by atoms with Crippen molar-refractivity contribution in [1.82, 2.24) is 0 Å². The third-order valence-corrected chi connectivity index (χ3v) is 10.2. The van der Waals surface area contributed by atoms with Crippen LogP contribution in [-0.2, 0) is 28.6 Å². The largest absolute Gasteiger partial charge is 0.462 e. The number of ether oxygens (including phenoxy) is 3. The second-order valence-electron chi connectivity index (χ2n) is 16.3. The first-order valence-electron chi connectivity index (χ1n) is 25.7. The van der Waals surface area contributed by atoms with E-state index in [2.05, 4.69) is 142 Å². The number of unbranched alkanes of at least 4 members (excludes halogenated alkanes) is 11. The van der Waals surface area contributed by atoms with Crippen molar-refractivity contribution in [2.24, 2.45) is 0 Å². The Morgan fingerprint density at radius 1 is 0.323 bits per heavy atom. The third-order valence-electron chi connectivity index (χ3n) is 10.2. The number of hydrogen-bond acceptors (Lipinski definition) is 6. The lowest BCUT2D eigenvalue weighted by Gasteiger charge is -2.18. The van der Waals surface area contributed by atoms with Crippen LogP contribution in [0.25, 0.3) is 0 Å². The highest BCUT2D eigenvalue weighted by Gasteiger charge is 2.19. The van der Waals surface area contributed by atoms with E-state index < -0.39 is 12.1 Å². The molecular formula is C59H92O6. The molecule has 0 aromatic rings. The zero-order valence-corrected chi connectivity index (χ0v) is 41.4. The van der Waals surface area contributed by atoms with Crippen LogP contribution in [0.5, 0.6) is 0 Å². The predicted octanol–water partition coefficient (Wildman–Crippen LogP) is 17.1. The number of carbonyl (C=O) groups excluding carboxylic acids is 3. The minimum Gasteiger partial charge on any atom is -0.462 e. The summed E-state index contributed by atoms with van der Waals surface area (Å²) < 4.78 is 16.7. The van der Waals surface area contributed by atoms with E-state index in [-0.39, 0.29) is 38.0 Å². The summed E-state index contributed by atoms with van der Waals surface area (Å²) in [5.74, 6) is -1.09. The van der Waals surface area contributed by atoms with Gasteiger partial charge in [-0.25, -0.2) is 0 Å². The summed E-state index contributed by atoms with van der Waals surface area (Å²) in [5, 5.41) is 0. The van der Waals surface area contributed by atoms with Crippen LogP contribution in [0.2, 0.25) is 0 Å². The molecule has 1 atom stereocenters. The van der Waals surface area contributed by atoms with Gasteiger partial charge in [-0.15, -0.1) is 0 Å². The molecule has 0 spiro atoms. The number of esters is 3. The lowest BCUT2D eigenvalue weighted by atomic mass is 10.1. The Balaban J connectivity index is 4.61. The average molecular weight is 897 g/mol. The molecular weight excluding hydrogens is 805 g/mol. The molecule has 0 aliphatic heterocycles. The summed E-state index contributed by atoms with van der Waals surface area (Å²) >= 11 is 0. The molecule has 0 saturated heterocycles. The molecule has 0 saturated carbocycles. The predicted molar refractivity (Wildman–Crippen MR) is 279 cm³/mol. The minimum absolute atomic E-state index is 0.129. The molecule has 0 amide bonds. The van der Waals surface area contributed by atoms with Crippen LogP contribution in [0.1, 0.15) is 201 Å². The van der Waals surface area contributed by atoms with Crippen LogP contribution in [-0.4, -0.2) is 37.2 Å². The lowest BCUT2D eigenvalue weighted by molar-refractivity contribution is -0.166. The highest BCUT2D eigenvalue weighted by molar-refractivity contribution is 5.71. The Labute approximate surface area is 398 Å². The van der Waals surface area contributed by atoms with E-state index in [0.717, 1.165) is 96.3 Å². The standard InChI is InChI=1S/C59H92O6/c1-4-7-10-13-16-19-22-24-26-28-29-31-33-35-38-41-44-47-50-53-59(62)65-56(54-63-57(60)51-48-45-42-39-36-21-18-15-12-9-6-3)55-64-58(61)52-49-46-43-40-37-34-32-30-27-25-23-20-17-14-11-8-5-2/h7-8,10-11,16-17,19-20,24-27,29,31-32,34-35,38,40,43-44,47,56H,4-6,9,12-15,18,21-23,28,30,33,36-37,39,41-42,45-46,48-55H2,1-3H3/b10-7-,11-8-,19-16-,20-17-,26-24-,27-25-,31-29-,34-32-,38-35-,43-40-,47-44-/t56-/m0/s1. The second-order valence-corrected chi connectivity index (χ2v) is 16.3. The van der Waals surface area contributed by atoms with Crippen molar-refractivity contribution in [3.8, 4) is 0 Å². The molecule has 0 radical (unpaired) electrons. The molecule has 0 aliphatic rings. The smallest absolute Gasteiger partial charge is 0.306 e. The van der Waals surface area contributed by atoms with Gasteiger partial charge in [0.25, 0.3) is 0 Å². The summed E-state index contributed by atoms with van der Waals surface area (Å²) in [4.78, 5) is 37.9. The van der Waals surface area contributed by atoms with Crippen molar-refractivity contribution in [2.75, 3.05) is 13.2 Å². The summed E-state index contributed by atoms with van der Waals surface area (Å²) in [6, 6.07) is 0. The summed E-state index contributed by atoms with van der Waals surface area (Å²) in [5.41, 5.74) is 0. The highest BCUT2D eigenvalue weighted by Crippen LogP contribution is 2.13. The van der Waals surface area contributed by atoms with Crippen molar-refractivity contribution in [3.05, 3.63) is 134 Å². The minimum atomic E-state index is -0.844. The van der Waals surface area contributed by atoms with Crippen LogP contribution in [0.3, 0.4) is 0 Å². The van der Waals surface area contributed by atoms with Gasteiger partial charge in [0.2, 0.25) is 0 Å². The van der Waals surface area contributed by atoms with E-state index in [0.29, 0.717) is 19.3 Å². The Kier molecular flexibility index (Phi) is 48.6. The van der Waals surface area contributed by atoms with Crippen molar-refractivity contribution >= 4 is 17.9 Å². The first-order chi connectivity index (χ1) is 32.0. The molecule has 0 aromatic carbocycles. The Morgan fingerprint density at radius 3 is 1.00 bits per heavy atom. The van der Waals surface area contributed by atoms with Crippen LogP contribution in [0.15, 0.2) is 134 Å². The fourth-order valence-corrected chi connectivity index (χ4v) is 6.38. The Bertz CT molecular complexity index is 1450. The fraction of sp³-hybridized carbons (Fsp3) is 0.576. The number of rotatable bonds is 44. The summed E-state index contributed by atoms with van der Waals surface area (Å²) in [6.07, 6.45) is 73.1. The van der Waals surface area contributed by atoms with Gasteiger partial charge < -0.3 is 14.2 Å². The quantitative estimate of drug-likeness (QED) is 0.0262. The van der Waals surface area contributed by atoms with Gasteiger partial charge in [-0.05, 0) is 96.3 Å². The molecule has 65 heavy (non-hydrogen) atoms. The third kappa shape index (κ3) is 50.4. The van der Waals surface area contributed by atoms with Crippen LogP contribution >= 0.6 is 0 Å². The monoisotopic (exact) mass is 897 g/mol. The van der Waals surface area contributed by atoms with Gasteiger partial charge in [-0.2, -0.15) is 0 Å². The number of carbonyl (C=O) groups is 3. The molecule has 0 aromatic heterocycles. The van der Waals surface area contributed by atoms with Gasteiger partial charge in [0.1, 0.15) is 13.2 Å². The first kappa shape index (κ1) is 60.6. The van der Waals surface area contributed by atoms with Crippen LogP contribution in [0, 0.1) is 0 Å². The first-order valence-corrected chi connectivity index (χ1v) is 25.7. The molecule has 0 fully saturated rings. The van der Waals surface area contributed by atoms with Gasteiger partial charge >= 0.3 is 17.9 Å². The molecule has 6 nitrogen and oxygen atoms in total. The molecule has 0 bridgehead atoms. The average Bonchev–Trinajstić information content (AvgIpc) is 3.30. The van der Waals surface area contributed by atoms with E-state index >= 15 is 0 Å². The van der Waals surface area contributed by atoms with Gasteiger partial charge in [-0.1, -0.05) is 219 Å². The van der Waals surface area contributed by atoms with E-state index in [4.69, 9.17) is 14.2 Å². The number of hydrogen-bond donors (Lipinski definition) is 0. The Morgan fingerprint density at radius 2 is 0.631 bits per heavy atom. The van der Waals surface area contributed by atoms with Gasteiger partial charge in [0.05, 0.1) is 0 Å². The zero-order chi connectivity index (χ0) is 47.2. The summed E-state index contributed by atoms with van der Waals surface area (Å²) in [7, 11) is 0. The topological polar surface area (TPSA) is 78.9 Å². The molecule has 0 rings (SSSR count).